The standard InChI is InChI=1S/C55H104O12S/c1-3-5-7-9-11-13-15-17-19-21-22-23-24-25-26-27-28-29-31-33-35-37-39-41-43-45-63-47-49(48-64-55-53(59)54(67-68(60,61)62)52(58)50(46-56)66-55)65-51(57)44-42-40-38-36-34-32-30-20-18-16-14-12-10-8-6-4-2/h14,16,20,30,49-50,52-56,58-59H,3-13,15,17-19,21-29,31-48H2,1-2H3,(H,60,61,62)/b16-14-,30-20-. The predicted molar refractivity (Wildman–Crippen MR) is 276 cm³/mol. The SMILES string of the molecule is CCCCCC/C=C\C/C=C\CCCCCCCC(=O)OC(COCCCCCCCCCCCCCCCCCCCCCCCCCCC)COC1OC(CO)C(O)C(OS(=O)(=O)O)C1O. The molecule has 1 rings (SSSR count). The van der Waals surface area contributed by atoms with Gasteiger partial charge in [-0.15, -0.1) is 0 Å². The van der Waals surface area contributed by atoms with Gasteiger partial charge in [-0.3, -0.25) is 9.35 Å². The molecule has 1 aliphatic rings. The maximum atomic E-state index is 12.9. The summed E-state index contributed by atoms with van der Waals surface area (Å²) in [6.45, 7) is 4.01. The second-order valence-corrected chi connectivity index (χ2v) is 20.6. The Hall–Kier alpha value is -1.42. The maximum Gasteiger partial charge on any atom is 0.397 e. The summed E-state index contributed by atoms with van der Waals surface area (Å²) in [6, 6.07) is 0. The molecule has 0 amide bonds. The predicted octanol–water partition coefficient (Wildman–Crippen LogP) is 13.5. The van der Waals surface area contributed by atoms with Gasteiger partial charge in [0.15, 0.2) is 6.29 Å². The molecule has 0 saturated carbocycles. The Labute approximate surface area is 416 Å². The van der Waals surface area contributed by atoms with Crippen LogP contribution in [0.5, 0.6) is 0 Å². The summed E-state index contributed by atoms with van der Waals surface area (Å²) in [7, 11) is -5.07. The van der Waals surface area contributed by atoms with Crippen molar-refractivity contribution in [3.8, 4) is 0 Å². The normalized spacial score (nSPS) is 19.4. The van der Waals surface area contributed by atoms with E-state index in [1.807, 2.05) is 0 Å². The van der Waals surface area contributed by atoms with Crippen LogP contribution in [-0.2, 0) is 38.3 Å². The van der Waals surface area contributed by atoms with E-state index in [-0.39, 0.29) is 19.6 Å². The number of allylic oxidation sites excluding steroid dienone is 4. The molecule has 1 aliphatic heterocycles. The number of ether oxygens (including phenoxy) is 4. The molecule has 0 aromatic rings. The number of hydrogen-bond donors (Lipinski definition) is 4. The van der Waals surface area contributed by atoms with Gasteiger partial charge in [0.05, 0.1) is 19.8 Å². The Balaban J connectivity index is 2.28. The average Bonchev–Trinajstić information content (AvgIpc) is 3.31. The van der Waals surface area contributed by atoms with Crippen LogP contribution in [0.15, 0.2) is 24.3 Å². The van der Waals surface area contributed by atoms with E-state index in [1.54, 1.807) is 0 Å². The maximum absolute atomic E-state index is 12.9. The van der Waals surface area contributed by atoms with Gasteiger partial charge in [0.1, 0.15) is 30.5 Å². The van der Waals surface area contributed by atoms with E-state index >= 15 is 0 Å². The number of aliphatic hydroxyl groups is 3. The summed E-state index contributed by atoms with van der Waals surface area (Å²) < 4.78 is 59.3. The van der Waals surface area contributed by atoms with E-state index in [0.717, 1.165) is 57.8 Å². The zero-order valence-corrected chi connectivity index (χ0v) is 44.3. The van der Waals surface area contributed by atoms with Crippen LogP contribution < -0.4 is 0 Å². The van der Waals surface area contributed by atoms with Gasteiger partial charge in [-0.25, -0.2) is 4.18 Å². The smallest absolute Gasteiger partial charge is 0.397 e. The highest BCUT2D eigenvalue weighted by Crippen LogP contribution is 2.26. The number of hydrogen-bond acceptors (Lipinski definition) is 11. The van der Waals surface area contributed by atoms with Crippen molar-refractivity contribution in [1.29, 1.82) is 0 Å². The molecule has 6 atom stereocenters. The molecule has 0 aromatic heterocycles. The summed E-state index contributed by atoms with van der Waals surface area (Å²) in [5.41, 5.74) is 0. The lowest BCUT2D eigenvalue weighted by Crippen LogP contribution is -2.60. The number of esters is 1. The van der Waals surface area contributed by atoms with Gasteiger partial charge in [-0.05, 0) is 44.9 Å². The molecule has 0 spiro atoms. The van der Waals surface area contributed by atoms with E-state index in [1.165, 1.54) is 173 Å². The van der Waals surface area contributed by atoms with Crippen molar-refractivity contribution in [2.24, 2.45) is 0 Å². The highest BCUT2D eigenvalue weighted by molar-refractivity contribution is 7.80. The van der Waals surface area contributed by atoms with Crippen LogP contribution in [0.4, 0.5) is 0 Å². The fraction of sp³-hybridized carbons (Fsp3) is 0.909. The second kappa shape index (κ2) is 46.6. The lowest BCUT2D eigenvalue weighted by atomic mass is 9.99. The fourth-order valence-corrected chi connectivity index (χ4v) is 9.33. The Kier molecular flexibility index (Phi) is 44.3. The van der Waals surface area contributed by atoms with Crippen LogP contribution in [-0.4, -0.2) is 97.5 Å². The number of carbonyl (C=O) groups excluding carboxylic acids is 1. The lowest BCUT2D eigenvalue weighted by molar-refractivity contribution is -0.301. The Morgan fingerprint density at radius 3 is 1.41 bits per heavy atom. The molecule has 1 fully saturated rings. The van der Waals surface area contributed by atoms with Crippen LogP contribution in [0.2, 0.25) is 0 Å². The van der Waals surface area contributed by atoms with Gasteiger partial charge in [-0.2, -0.15) is 8.42 Å². The number of unbranched alkanes of at least 4 members (excludes halogenated alkanes) is 33. The van der Waals surface area contributed by atoms with Crippen molar-refractivity contribution in [2.45, 2.75) is 295 Å². The zero-order valence-electron chi connectivity index (χ0n) is 43.4. The fourth-order valence-electron chi connectivity index (χ4n) is 8.82. The quantitative estimate of drug-likeness (QED) is 0.0196. The summed E-state index contributed by atoms with van der Waals surface area (Å²) >= 11 is 0. The molecule has 1 saturated heterocycles. The third-order valence-corrected chi connectivity index (χ3v) is 13.5. The molecule has 0 radical (unpaired) electrons. The first-order valence-electron chi connectivity index (χ1n) is 28.1. The summed E-state index contributed by atoms with van der Waals surface area (Å²) in [5, 5.41) is 30.8. The van der Waals surface area contributed by atoms with Gasteiger partial charge >= 0.3 is 16.4 Å². The van der Waals surface area contributed by atoms with E-state index in [4.69, 9.17) is 18.9 Å². The second-order valence-electron chi connectivity index (χ2n) is 19.5. The third kappa shape index (κ3) is 39.2. The van der Waals surface area contributed by atoms with E-state index < -0.39 is 59.8 Å². The van der Waals surface area contributed by atoms with Crippen molar-refractivity contribution < 1.29 is 56.2 Å². The first-order chi connectivity index (χ1) is 33.1. The monoisotopic (exact) mass is 989 g/mol. The van der Waals surface area contributed by atoms with Gasteiger partial charge in [0, 0.05) is 13.0 Å². The highest BCUT2D eigenvalue weighted by Gasteiger charge is 2.48. The molecule has 68 heavy (non-hydrogen) atoms. The van der Waals surface area contributed by atoms with E-state index in [2.05, 4.69) is 42.3 Å². The molecule has 0 aliphatic carbocycles. The van der Waals surface area contributed by atoms with Gasteiger partial charge in [0.2, 0.25) is 0 Å². The van der Waals surface area contributed by atoms with Crippen LogP contribution in [0.25, 0.3) is 0 Å². The van der Waals surface area contributed by atoms with E-state index in [9.17, 15) is 33.1 Å². The van der Waals surface area contributed by atoms with Crippen molar-refractivity contribution in [2.75, 3.05) is 26.4 Å². The van der Waals surface area contributed by atoms with Crippen molar-refractivity contribution in [1.82, 2.24) is 0 Å². The first kappa shape index (κ1) is 64.6. The molecule has 402 valence electrons. The molecule has 1 heterocycles. The highest BCUT2D eigenvalue weighted by atomic mass is 32.3. The molecular formula is C55H104O12S. The van der Waals surface area contributed by atoms with Crippen LogP contribution >= 0.6 is 0 Å². The minimum absolute atomic E-state index is 0.0349. The zero-order chi connectivity index (χ0) is 49.6. The largest absolute Gasteiger partial charge is 0.457 e. The number of aliphatic hydroxyl groups excluding tert-OH is 3. The van der Waals surface area contributed by atoms with Gasteiger partial charge in [-0.1, -0.05) is 231 Å². The van der Waals surface area contributed by atoms with E-state index in [0.29, 0.717) is 13.0 Å². The lowest BCUT2D eigenvalue weighted by Gasteiger charge is -2.41. The van der Waals surface area contributed by atoms with Gasteiger partial charge in [0.25, 0.3) is 0 Å². The molecule has 0 aromatic carbocycles. The molecule has 0 bridgehead atoms. The first-order valence-corrected chi connectivity index (χ1v) is 29.5. The van der Waals surface area contributed by atoms with Crippen molar-refractivity contribution in [3.05, 3.63) is 24.3 Å². The van der Waals surface area contributed by atoms with Crippen molar-refractivity contribution in [3.63, 3.8) is 0 Å². The number of rotatable bonds is 50. The summed E-state index contributed by atoms with van der Waals surface area (Å²) in [5.74, 6) is -0.407. The summed E-state index contributed by atoms with van der Waals surface area (Å²) in [6.07, 6.45) is 46.5. The molecule has 6 unspecified atom stereocenters. The third-order valence-electron chi connectivity index (χ3n) is 13.1. The molecule has 13 heteroatoms. The van der Waals surface area contributed by atoms with Crippen molar-refractivity contribution >= 4 is 16.4 Å². The Morgan fingerprint density at radius 1 is 0.559 bits per heavy atom. The number of carbonyl (C=O) groups is 1. The van der Waals surface area contributed by atoms with Gasteiger partial charge < -0.3 is 34.3 Å². The van der Waals surface area contributed by atoms with Crippen LogP contribution in [0.3, 0.4) is 0 Å². The molecule has 4 N–H and O–H groups in total. The Morgan fingerprint density at radius 2 is 0.971 bits per heavy atom. The average molecular weight is 989 g/mol. The molecule has 12 nitrogen and oxygen atoms in total. The van der Waals surface area contributed by atoms with Crippen LogP contribution in [0, 0.1) is 0 Å². The summed E-state index contributed by atoms with van der Waals surface area (Å²) in [4.78, 5) is 12.9. The van der Waals surface area contributed by atoms with Crippen LogP contribution in [0.1, 0.15) is 258 Å². The molecular weight excluding hydrogens is 885 g/mol. The Bertz CT molecular complexity index is 1280. The topological polar surface area (TPSA) is 178 Å². The minimum Gasteiger partial charge on any atom is -0.457 e. The minimum atomic E-state index is -5.07.